The van der Waals surface area contributed by atoms with Crippen LogP contribution in [0.1, 0.15) is 47.0 Å². The molecule has 3 N–H and O–H groups in total. The van der Waals surface area contributed by atoms with E-state index >= 15 is 0 Å². The zero-order chi connectivity index (χ0) is 21.4. The normalized spacial score (nSPS) is 11.7. The minimum absolute atomic E-state index is 0.0211. The van der Waals surface area contributed by atoms with Gasteiger partial charge in [0.1, 0.15) is 0 Å². The maximum atomic E-state index is 12.1. The largest absolute Gasteiger partial charge is 0.492 e. The number of terminal acetylenes is 1. The quantitative estimate of drug-likeness (QED) is 0.494. The maximum Gasteiger partial charge on any atom is 0.333 e. The monoisotopic (exact) mass is 394 g/mol. The van der Waals surface area contributed by atoms with Crippen LogP contribution < -0.4 is 10.2 Å². The Labute approximate surface area is 165 Å². The average Bonchev–Trinajstić information content (AvgIpc) is 2.89. The number of hydrogen-bond donors (Lipinski definition) is 3. The van der Waals surface area contributed by atoms with Crippen LogP contribution in [0.3, 0.4) is 0 Å². The van der Waals surface area contributed by atoms with Crippen molar-refractivity contribution in [2.75, 3.05) is 19.8 Å². The molecule has 0 aliphatic heterocycles. The molecule has 0 atom stereocenters. The lowest BCUT2D eigenvalue weighted by atomic mass is 9.90. The predicted molar refractivity (Wildman–Crippen MR) is 103 cm³/mol. The van der Waals surface area contributed by atoms with E-state index < -0.39 is 11.4 Å². The van der Waals surface area contributed by atoms with E-state index in [4.69, 9.17) is 16.0 Å². The van der Waals surface area contributed by atoms with Crippen molar-refractivity contribution in [1.29, 1.82) is 0 Å². The van der Waals surface area contributed by atoms with E-state index in [0.29, 0.717) is 37.3 Å². The molecule has 0 aliphatic rings. The fourth-order valence-electron chi connectivity index (χ4n) is 2.34. The highest BCUT2D eigenvalue weighted by atomic mass is 16.7. The van der Waals surface area contributed by atoms with Gasteiger partial charge in [-0.15, -0.1) is 17.1 Å². The third-order valence-electron chi connectivity index (χ3n) is 3.86. The van der Waals surface area contributed by atoms with E-state index in [2.05, 4.69) is 11.2 Å². The molecule has 1 amide bonds. The number of aromatic hydroxyl groups is 2. The van der Waals surface area contributed by atoms with E-state index in [-0.39, 0.29) is 29.5 Å². The van der Waals surface area contributed by atoms with Crippen molar-refractivity contribution in [2.24, 2.45) is 10.8 Å². The van der Waals surface area contributed by atoms with Gasteiger partial charge in [-0.2, -0.15) is 0 Å². The van der Waals surface area contributed by atoms with E-state index in [1.54, 1.807) is 0 Å². The van der Waals surface area contributed by atoms with E-state index in [1.807, 2.05) is 27.7 Å². The number of rotatable bonds is 11. The number of ether oxygens (including phenoxy) is 1. The third kappa shape index (κ3) is 8.35. The standard InChI is InChI=1S/C20H30N2O6/c1-6-7-8-15(23)21-12-20(4,5)14-27-13-19(2,3)11-18(26)28-22-16(24)9-10-17(22)25/h1,9-10,24-25H,7-8,11-14H2,2-5H3,(H,21,23). The van der Waals surface area contributed by atoms with Crippen LogP contribution in [0.2, 0.25) is 0 Å². The van der Waals surface area contributed by atoms with Gasteiger partial charge in [-0.05, 0) is 5.41 Å². The van der Waals surface area contributed by atoms with Crippen molar-refractivity contribution in [3.05, 3.63) is 12.1 Å². The van der Waals surface area contributed by atoms with Crippen LogP contribution in [0.5, 0.6) is 11.8 Å². The molecule has 0 fully saturated rings. The number of nitrogens with one attached hydrogen (secondary N) is 1. The van der Waals surface area contributed by atoms with Crippen molar-refractivity contribution >= 4 is 11.9 Å². The van der Waals surface area contributed by atoms with Gasteiger partial charge in [0.05, 0.1) is 19.6 Å². The third-order valence-corrected chi connectivity index (χ3v) is 3.86. The molecular weight excluding hydrogens is 364 g/mol. The Hall–Kier alpha value is -2.66. The summed E-state index contributed by atoms with van der Waals surface area (Å²) in [4.78, 5) is 28.7. The Morgan fingerprint density at radius 3 is 2.29 bits per heavy atom. The molecule has 28 heavy (non-hydrogen) atoms. The molecule has 0 spiro atoms. The smallest absolute Gasteiger partial charge is 0.333 e. The van der Waals surface area contributed by atoms with Gasteiger partial charge >= 0.3 is 5.97 Å². The van der Waals surface area contributed by atoms with Gasteiger partial charge in [-0.25, -0.2) is 4.79 Å². The van der Waals surface area contributed by atoms with Crippen LogP contribution in [-0.2, 0) is 14.3 Å². The molecule has 1 heterocycles. The average molecular weight is 394 g/mol. The molecule has 0 saturated carbocycles. The van der Waals surface area contributed by atoms with Gasteiger partial charge in [0.15, 0.2) is 0 Å². The molecule has 1 aromatic heterocycles. The fourth-order valence-corrected chi connectivity index (χ4v) is 2.34. The summed E-state index contributed by atoms with van der Waals surface area (Å²) in [6.45, 7) is 8.75. The molecular formula is C20H30N2O6. The molecule has 0 aromatic carbocycles. The molecule has 8 heteroatoms. The Morgan fingerprint density at radius 2 is 1.71 bits per heavy atom. The summed E-state index contributed by atoms with van der Waals surface area (Å²) in [5, 5.41) is 21.9. The Bertz CT molecular complexity index is 695. The van der Waals surface area contributed by atoms with Gasteiger partial charge < -0.3 is 25.1 Å². The number of hydrogen-bond acceptors (Lipinski definition) is 6. The fraction of sp³-hybridized carbons (Fsp3) is 0.600. The highest BCUT2D eigenvalue weighted by Gasteiger charge is 2.27. The summed E-state index contributed by atoms with van der Waals surface area (Å²) in [7, 11) is 0. The van der Waals surface area contributed by atoms with Crippen LogP contribution >= 0.6 is 0 Å². The van der Waals surface area contributed by atoms with Crippen molar-refractivity contribution in [3.8, 4) is 24.1 Å². The zero-order valence-corrected chi connectivity index (χ0v) is 16.9. The first-order valence-corrected chi connectivity index (χ1v) is 9.04. The van der Waals surface area contributed by atoms with Gasteiger partial charge in [0, 0.05) is 36.9 Å². The Morgan fingerprint density at radius 1 is 1.14 bits per heavy atom. The Kier molecular flexibility index (Phi) is 8.38. The topological polar surface area (TPSA) is 110 Å². The van der Waals surface area contributed by atoms with E-state index in [1.165, 1.54) is 12.1 Å². The lowest BCUT2D eigenvalue weighted by Crippen LogP contribution is -2.37. The summed E-state index contributed by atoms with van der Waals surface area (Å²) < 4.78 is 6.42. The molecule has 1 rings (SSSR count). The number of amides is 1. The van der Waals surface area contributed by atoms with Crippen LogP contribution in [0, 0.1) is 23.2 Å². The highest BCUT2D eigenvalue weighted by Crippen LogP contribution is 2.24. The first kappa shape index (κ1) is 23.4. The molecule has 8 nitrogen and oxygen atoms in total. The molecule has 156 valence electrons. The molecule has 0 bridgehead atoms. The predicted octanol–water partition coefficient (Wildman–Crippen LogP) is 1.84. The van der Waals surface area contributed by atoms with Crippen molar-refractivity contribution in [2.45, 2.75) is 47.0 Å². The summed E-state index contributed by atoms with van der Waals surface area (Å²) in [6, 6.07) is 2.43. The summed E-state index contributed by atoms with van der Waals surface area (Å²) in [6.07, 6.45) is 5.87. The molecule has 0 aliphatic carbocycles. The first-order valence-electron chi connectivity index (χ1n) is 9.04. The van der Waals surface area contributed by atoms with Gasteiger partial charge in [-0.1, -0.05) is 27.7 Å². The van der Waals surface area contributed by atoms with Gasteiger partial charge in [0.2, 0.25) is 17.7 Å². The van der Waals surface area contributed by atoms with E-state index in [0.717, 1.165) is 0 Å². The van der Waals surface area contributed by atoms with Crippen molar-refractivity contribution < 1.29 is 29.4 Å². The molecule has 0 radical (unpaired) electrons. The van der Waals surface area contributed by atoms with Crippen LogP contribution in [0.15, 0.2) is 12.1 Å². The summed E-state index contributed by atoms with van der Waals surface area (Å²) in [5.41, 5.74) is -0.813. The summed E-state index contributed by atoms with van der Waals surface area (Å²) in [5.74, 6) is 0.983. The number of carbonyl (C=O) groups excluding carboxylic acids is 2. The second-order valence-electron chi connectivity index (χ2n) is 8.29. The second kappa shape index (κ2) is 10.0. The molecule has 0 unspecified atom stereocenters. The van der Waals surface area contributed by atoms with Crippen LogP contribution in [0.4, 0.5) is 0 Å². The second-order valence-corrected chi connectivity index (χ2v) is 8.29. The van der Waals surface area contributed by atoms with Crippen molar-refractivity contribution in [1.82, 2.24) is 10.0 Å². The molecule has 0 saturated heterocycles. The molecule has 1 aromatic rings. The zero-order valence-electron chi connectivity index (χ0n) is 16.9. The van der Waals surface area contributed by atoms with Gasteiger partial charge in [-0.3, -0.25) is 4.79 Å². The number of nitrogens with zero attached hydrogens (tertiary/aromatic N) is 1. The first-order chi connectivity index (χ1) is 13.0. The van der Waals surface area contributed by atoms with Gasteiger partial charge in [0.25, 0.3) is 0 Å². The summed E-state index contributed by atoms with van der Waals surface area (Å²) >= 11 is 0. The number of aromatic nitrogens is 1. The SMILES string of the molecule is C#CCCC(=O)NCC(C)(C)COCC(C)(C)CC(=O)On1c(O)ccc1O. The van der Waals surface area contributed by atoms with Crippen LogP contribution in [-0.4, -0.2) is 46.6 Å². The number of carbonyl (C=O) groups is 2. The maximum absolute atomic E-state index is 12.1. The van der Waals surface area contributed by atoms with Crippen molar-refractivity contribution in [3.63, 3.8) is 0 Å². The lowest BCUT2D eigenvalue weighted by molar-refractivity contribution is -0.149. The van der Waals surface area contributed by atoms with E-state index in [9.17, 15) is 19.8 Å². The highest BCUT2D eigenvalue weighted by molar-refractivity contribution is 5.76. The lowest BCUT2D eigenvalue weighted by Gasteiger charge is -2.28. The van der Waals surface area contributed by atoms with Crippen LogP contribution in [0.25, 0.3) is 0 Å². The minimum atomic E-state index is -0.615. The minimum Gasteiger partial charge on any atom is -0.492 e. The Balaban J connectivity index is 2.40.